The van der Waals surface area contributed by atoms with Crippen LogP contribution >= 0.6 is 22.6 Å². The number of hydrogen-bond donors (Lipinski definition) is 0. The van der Waals surface area contributed by atoms with Crippen molar-refractivity contribution in [3.63, 3.8) is 0 Å². The van der Waals surface area contributed by atoms with E-state index in [2.05, 4.69) is 41.6 Å². The molecular formula is C17H23IO3. The number of alkyl halides is 1. The Morgan fingerprint density at radius 3 is 2.71 bits per heavy atom. The summed E-state index contributed by atoms with van der Waals surface area (Å²) in [5.74, 6) is -0.0734. The monoisotopic (exact) mass is 402 g/mol. The number of benzene rings is 1. The number of halogens is 1. The largest absolute Gasteiger partial charge is 0.461 e. The number of ether oxygens (including phenoxy) is 2. The van der Waals surface area contributed by atoms with Crippen molar-refractivity contribution < 1.29 is 14.3 Å². The highest BCUT2D eigenvalue weighted by molar-refractivity contribution is 14.1. The van der Waals surface area contributed by atoms with E-state index in [0.29, 0.717) is 6.61 Å². The SMILES string of the molecule is C[C@H]1C(=O)O[C@@H](CI)[C@]1(C)CCCOCc1ccccc1. The number of cyclic esters (lactones) is 1. The molecule has 1 aliphatic rings. The Bertz CT molecular complexity index is 462. The van der Waals surface area contributed by atoms with Crippen LogP contribution in [0.3, 0.4) is 0 Å². The molecule has 0 bridgehead atoms. The van der Waals surface area contributed by atoms with Crippen LogP contribution in [0.5, 0.6) is 0 Å². The summed E-state index contributed by atoms with van der Waals surface area (Å²) < 4.78 is 12.1. The molecule has 0 aliphatic carbocycles. The van der Waals surface area contributed by atoms with Crippen LogP contribution in [0.25, 0.3) is 0 Å². The first-order valence-electron chi connectivity index (χ1n) is 7.46. The number of carbonyl (C=O) groups is 1. The maximum Gasteiger partial charge on any atom is 0.309 e. The molecule has 1 aromatic rings. The first-order chi connectivity index (χ1) is 10.1. The fourth-order valence-electron chi connectivity index (χ4n) is 2.83. The molecule has 0 amide bonds. The van der Waals surface area contributed by atoms with Gasteiger partial charge < -0.3 is 9.47 Å². The molecule has 4 heteroatoms. The van der Waals surface area contributed by atoms with Gasteiger partial charge in [-0.2, -0.15) is 0 Å². The highest BCUT2D eigenvalue weighted by atomic mass is 127. The van der Waals surface area contributed by atoms with E-state index in [9.17, 15) is 4.79 Å². The van der Waals surface area contributed by atoms with Crippen LogP contribution in [0.2, 0.25) is 0 Å². The first kappa shape index (κ1) is 16.7. The lowest BCUT2D eigenvalue weighted by atomic mass is 9.73. The van der Waals surface area contributed by atoms with Crippen molar-refractivity contribution in [2.45, 2.75) is 39.4 Å². The van der Waals surface area contributed by atoms with E-state index in [1.165, 1.54) is 5.56 Å². The number of rotatable bonds is 7. The van der Waals surface area contributed by atoms with Gasteiger partial charge in [0.1, 0.15) is 6.10 Å². The van der Waals surface area contributed by atoms with Crippen molar-refractivity contribution in [1.29, 1.82) is 0 Å². The minimum Gasteiger partial charge on any atom is -0.461 e. The Morgan fingerprint density at radius 1 is 1.33 bits per heavy atom. The molecule has 1 heterocycles. The van der Waals surface area contributed by atoms with Crippen molar-refractivity contribution in [3.8, 4) is 0 Å². The second-order valence-electron chi connectivity index (χ2n) is 5.95. The van der Waals surface area contributed by atoms with Gasteiger partial charge >= 0.3 is 5.97 Å². The summed E-state index contributed by atoms with van der Waals surface area (Å²) in [6.07, 6.45) is 1.95. The third kappa shape index (κ3) is 3.97. The van der Waals surface area contributed by atoms with Crippen LogP contribution in [0, 0.1) is 11.3 Å². The summed E-state index contributed by atoms with van der Waals surface area (Å²) in [7, 11) is 0. The molecule has 1 aliphatic heterocycles. The molecule has 0 spiro atoms. The van der Waals surface area contributed by atoms with Crippen molar-refractivity contribution in [2.75, 3.05) is 11.0 Å². The van der Waals surface area contributed by atoms with Gasteiger partial charge in [0.2, 0.25) is 0 Å². The van der Waals surface area contributed by atoms with Gasteiger partial charge in [-0.05, 0) is 18.4 Å². The highest BCUT2D eigenvalue weighted by Gasteiger charge is 2.50. The second-order valence-corrected chi connectivity index (χ2v) is 6.83. The number of carbonyl (C=O) groups excluding carboxylic acids is 1. The lowest BCUT2D eigenvalue weighted by Gasteiger charge is -2.30. The summed E-state index contributed by atoms with van der Waals surface area (Å²) >= 11 is 2.30. The zero-order chi connectivity index (χ0) is 15.3. The van der Waals surface area contributed by atoms with E-state index >= 15 is 0 Å². The van der Waals surface area contributed by atoms with Crippen molar-refractivity contribution >= 4 is 28.6 Å². The molecule has 3 nitrogen and oxygen atoms in total. The van der Waals surface area contributed by atoms with Crippen molar-refractivity contribution in [3.05, 3.63) is 35.9 Å². The number of hydrogen-bond acceptors (Lipinski definition) is 3. The highest BCUT2D eigenvalue weighted by Crippen LogP contribution is 2.44. The van der Waals surface area contributed by atoms with Crippen LogP contribution in [-0.4, -0.2) is 23.1 Å². The van der Waals surface area contributed by atoms with E-state index in [-0.39, 0.29) is 23.4 Å². The van der Waals surface area contributed by atoms with Gasteiger partial charge in [0, 0.05) is 16.4 Å². The summed E-state index contributed by atoms with van der Waals surface area (Å²) in [6.45, 7) is 5.53. The van der Waals surface area contributed by atoms with Gasteiger partial charge in [0.15, 0.2) is 0 Å². The molecule has 0 unspecified atom stereocenters. The van der Waals surface area contributed by atoms with Crippen LogP contribution in [0.4, 0.5) is 0 Å². The quantitative estimate of drug-likeness (QED) is 0.300. The minimum absolute atomic E-state index is 0.0219. The third-order valence-electron chi connectivity index (χ3n) is 4.59. The van der Waals surface area contributed by atoms with E-state index in [0.717, 1.165) is 23.9 Å². The zero-order valence-corrected chi connectivity index (χ0v) is 14.8. The number of esters is 1. The molecule has 0 saturated carbocycles. The normalized spacial score (nSPS) is 28.6. The van der Waals surface area contributed by atoms with Gasteiger partial charge in [0.25, 0.3) is 0 Å². The van der Waals surface area contributed by atoms with Gasteiger partial charge in [-0.3, -0.25) is 4.79 Å². The molecule has 2 rings (SSSR count). The van der Waals surface area contributed by atoms with E-state index < -0.39 is 0 Å². The van der Waals surface area contributed by atoms with Crippen LogP contribution < -0.4 is 0 Å². The standard InChI is InChI=1S/C17H23IO3/c1-13-16(19)21-15(11-18)17(13,2)9-6-10-20-12-14-7-4-3-5-8-14/h3-5,7-8,13,15H,6,9-12H2,1-2H3/t13-,15-,17+/m0/s1. The fourth-order valence-corrected chi connectivity index (χ4v) is 4.02. The molecule has 21 heavy (non-hydrogen) atoms. The van der Waals surface area contributed by atoms with E-state index in [1.807, 2.05) is 25.1 Å². The smallest absolute Gasteiger partial charge is 0.309 e. The first-order valence-corrected chi connectivity index (χ1v) is 8.98. The lowest BCUT2D eigenvalue weighted by molar-refractivity contribution is -0.143. The van der Waals surface area contributed by atoms with Gasteiger partial charge in [-0.15, -0.1) is 0 Å². The summed E-state index contributed by atoms with van der Waals surface area (Å²) in [6, 6.07) is 10.2. The molecule has 1 saturated heterocycles. The lowest BCUT2D eigenvalue weighted by Crippen LogP contribution is -2.34. The van der Waals surface area contributed by atoms with E-state index in [4.69, 9.17) is 9.47 Å². The maximum absolute atomic E-state index is 11.8. The Kier molecular flexibility index (Phi) is 6.05. The van der Waals surface area contributed by atoms with Gasteiger partial charge in [-0.25, -0.2) is 0 Å². The molecule has 1 fully saturated rings. The van der Waals surface area contributed by atoms with E-state index in [1.54, 1.807) is 0 Å². The summed E-state index contributed by atoms with van der Waals surface area (Å²) in [5, 5.41) is 0. The molecule has 0 aromatic heterocycles. The molecule has 116 valence electrons. The average molecular weight is 402 g/mol. The van der Waals surface area contributed by atoms with Gasteiger partial charge in [0.05, 0.1) is 12.5 Å². The minimum atomic E-state index is -0.0611. The fraction of sp³-hybridized carbons (Fsp3) is 0.588. The predicted octanol–water partition coefficient (Wildman–Crippen LogP) is 3.99. The van der Waals surface area contributed by atoms with Crippen LogP contribution in [0.1, 0.15) is 32.3 Å². The summed E-state index contributed by atoms with van der Waals surface area (Å²) in [4.78, 5) is 11.8. The topological polar surface area (TPSA) is 35.5 Å². The maximum atomic E-state index is 11.8. The van der Waals surface area contributed by atoms with Crippen LogP contribution in [-0.2, 0) is 20.9 Å². The second kappa shape index (κ2) is 7.58. The third-order valence-corrected chi connectivity index (χ3v) is 5.39. The molecular weight excluding hydrogens is 379 g/mol. The molecule has 3 atom stereocenters. The molecule has 0 N–H and O–H groups in total. The Hall–Kier alpha value is -0.620. The summed E-state index contributed by atoms with van der Waals surface area (Å²) in [5.41, 5.74) is 1.13. The predicted molar refractivity (Wildman–Crippen MR) is 91.4 cm³/mol. The van der Waals surface area contributed by atoms with Crippen molar-refractivity contribution in [1.82, 2.24) is 0 Å². The van der Waals surface area contributed by atoms with Gasteiger partial charge in [-0.1, -0.05) is 66.8 Å². The van der Waals surface area contributed by atoms with Crippen LogP contribution in [0.15, 0.2) is 30.3 Å². The van der Waals surface area contributed by atoms with Crippen molar-refractivity contribution in [2.24, 2.45) is 11.3 Å². The Labute approximate surface area is 140 Å². The molecule has 0 radical (unpaired) electrons. The Morgan fingerprint density at radius 2 is 2.05 bits per heavy atom. The average Bonchev–Trinajstić information content (AvgIpc) is 2.72. The Balaban J connectivity index is 1.76. The molecule has 1 aromatic carbocycles. The zero-order valence-electron chi connectivity index (χ0n) is 12.7.